The first-order valence-electron chi connectivity index (χ1n) is 14.2. The molecule has 0 heterocycles. The summed E-state index contributed by atoms with van der Waals surface area (Å²) in [6.07, 6.45) is 1.89. The zero-order valence-corrected chi connectivity index (χ0v) is 26.6. The van der Waals surface area contributed by atoms with E-state index >= 15 is 0 Å². The van der Waals surface area contributed by atoms with Gasteiger partial charge in [-0.1, -0.05) is 67.9 Å². The molecule has 1 amide bonds. The summed E-state index contributed by atoms with van der Waals surface area (Å²) >= 11 is 5.94. The van der Waals surface area contributed by atoms with Gasteiger partial charge in [0.1, 0.15) is 5.75 Å². The van der Waals surface area contributed by atoms with Gasteiger partial charge in [-0.3, -0.25) is 4.79 Å². The quantitative estimate of drug-likeness (QED) is 0.145. The number of hydrogen-bond acceptors (Lipinski definition) is 5. The lowest BCUT2D eigenvalue weighted by Crippen LogP contribution is -2.41. The zero-order chi connectivity index (χ0) is 30.2. The highest BCUT2D eigenvalue weighted by atomic mass is 35.5. The summed E-state index contributed by atoms with van der Waals surface area (Å²) in [6.45, 7) is 11.3. The molecule has 3 aromatic rings. The van der Waals surface area contributed by atoms with Crippen molar-refractivity contribution < 1.29 is 19.8 Å². The lowest BCUT2D eigenvalue weighted by atomic mass is 9.88. The third-order valence-corrected chi connectivity index (χ3v) is 11.9. The Kier molecular flexibility index (Phi) is 11.6. The maximum atomic E-state index is 12.6. The lowest BCUT2D eigenvalue weighted by molar-refractivity contribution is -0.120. The van der Waals surface area contributed by atoms with Crippen LogP contribution < -0.4 is 10.6 Å². The molecule has 0 unspecified atom stereocenters. The number of amides is 1. The fourth-order valence-electron chi connectivity index (χ4n) is 4.85. The van der Waals surface area contributed by atoms with E-state index in [0.29, 0.717) is 30.1 Å². The van der Waals surface area contributed by atoms with Crippen LogP contribution in [0.25, 0.3) is 0 Å². The van der Waals surface area contributed by atoms with Crippen LogP contribution in [0.2, 0.25) is 23.2 Å². The van der Waals surface area contributed by atoms with Gasteiger partial charge in [0.25, 0.3) is 0 Å². The molecular formula is C33H45ClN2O4Si. The predicted octanol–water partition coefficient (Wildman–Crippen LogP) is 6.07. The summed E-state index contributed by atoms with van der Waals surface area (Å²) in [7, 11) is -2.44. The number of nitrogens with one attached hydrogen (secondary N) is 2. The molecule has 0 saturated carbocycles. The fraction of sp³-hybridized carbons (Fsp3) is 0.424. The molecule has 0 spiro atoms. The Morgan fingerprint density at radius 3 is 2.34 bits per heavy atom. The number of aliphatic hydroxyl groups is 1. The summed E-state index contributed by atoms with van der Waals surface area (Å²) < 4.78 is 0. The summed E-state index contributed by atoms with van der Waals surface area (Å²) in [5.74, 6) is 0.152. The van der Waals surface area contributed by atoms with Gasteiger partial charge in [-0.2, -0.15) is 0 Å². The third kappa shape index (κ3) is 9.97. The van der Waals surface area contributed by atoms with Gasteiger partial charge in [-0.15, -0.1) is 0 Å². The van der Waals surface area contributed by atoms with Crippen LogP contribution >= 0.6 is 11.6 Å². The fourth-order valence-corrected chi connectivity index (χ4v) is 5.72. The van der Waals surface area contributed by atoms with Crippen LogP contribution in [0.4, 0.5) is 0 Å². The largest absolute Gasteiger partial charge is 0.508 e. The first-order chi connectivity index (χ1) is 19.3. The predicted molar refractivity (Wildman–Crippen MR) is 170 cm³/mol. The summed E-state index contributed by atoms with van der Waals surface area (Å²) in [6, 6.07) is 21.2. The van der Waals surface area contributed by atoms with Crippen LogP contribution in [0, 0.1) is 0 Å². The number of carbonyl (C=O) groups excluding carboxylic acids is 1. The second-order valence-corrected chi connectivity index (χ2v) is 17.2. The van der Waals surface area contributed by atoms with Crippen LogP contribution in [-0.2, 0) is 30.8 Å². The number of benzene rings is 3. The summed E-state index contributed by atoms with van der Waals surface area (Å²) in [4.78, 5) is 23.5. The van der Waals surface area contributed by atoms with Crippen LogP contribution in [0.5, 0.6) is 5.75 Å². The number of aliphatic hydroxyl groups excluding tert-OH is 1. The zero-order valence-electron chi connectivity index (χ0n) is 24.9. The number of carbonyl (C=O) groups is 1. The summed E-state index contributed by atoms with van der Waals surface area (Å²) in [5.41, 5.74) is 4.67. The van der Waals surface area contributed by atoms with Crippen molar-refractivity contribution in [2.75, 3.05) is 6.54 Å². The molecule has 5 N–H and O–H groups in total. The normalized spacial score (nSPS) is 13.6. The Morgan fingerprint density at radius 1 is 1.00 bits per heavy atom. The highest BCUT2D eigenvalue weighted by Gasteiger charge is 2.40. The van der Waals surface area contributed by atoms with Crippen molar-refractivity contribution in [3.05, 3.63) is 99.6 Å². The SMILES string of the molecule is C[C@H](Cc1cccc(CC(=O)NCc2ccc(Cl)cc2)c1)NC[C@H](CC(C)(C)[Si](C)(C)O)c1ccc(O)c(CO)c1. The van der Waals surface area contributed by atoms with E-state index in [2.05, 4.69) is 43.5 Å². The molecule has 0 aliphatic rings. The maximum absolute atomic E-state index is 12.6. The average molecular weight is 597 g/mol. The second-order valence-electron chi connectivity index (χ2n) is 12.3. The van der Waals surface area contributed by atoms with Gasteiger partial charge >= 0.3 is 0 Å². The second kappa shape index (κ2) is 14.5. The van der Waals surface area contributed by atoms with Crippen molar-refractivity contribution in [3.63, 3.8) is 0 Å². The van der Waals surface area contributed by atoms with E-state index in [0.717, 1.165) is 35.1 Å². The molecule has 2 atom stereocenters. The lowest BCUT2D eigenvalue weighted by Gasteiger charge is -2.38. The minimum Gasteiger partial charge on any atom is -0.508 e. The molecule has 41 heavy (non-hydrogen) atoms. The van der Waals surface area contributed by atoms with Crippen molar-refractivity contribution in [3.8, 4) is 5.75 Å². The van der Waals surface area contributed by atoms with Crippen molar-refractivity contribution in [1.82, 2.24) is 10.6 Å². The number of rotatable bonds is 14. The van der Waals surface area contributed by atoms with E-state index in [4.69, 9.17) is 11.6 Å². The highest BCUT2D eigenvalue weighted by molar-refractivity contribution is 6.72. The maximum Gasteiger partial charge on any atom is 0.224 e. The molecule has 6 nitrogen and oxygen atoms in total. The van der Waals surface area contributed by atoms with Gasteiger partial charge in [-0.05, 0) is 90.3 Å². The smallest absolute Gasteiger partial charge is 0.224 e. The molecule has 0 bridgehead atoms. The van der Waals surface area contributed by atoms with Crippen molar-refractivity contribution >= 4 is 25.8 Å². The molecule has 3 rings (SSSR count). The molecular weight excluding hydrogens is 552 g/mol. The molecule has 0 saturated heterocycles. The molecule has 0 radical (unpaired) electrons. The number of aromatic hydroxyl groups is 1. The Labute approximate surface area is 250 Å². The van der Waals surface area contributed by atoms with Crippen LogP contribution in [-0.4, -0.2) is 41.8 Å². The van der Waals surface area contributed by atoms with Gasteiger partial charge in [-0.25, -0.2) is 0 Å². The first-order valence-corrected chi connectivity index (χ1v) is 17.6. The van der Waals surface area contributed by atoms with E-state index in [1.807, 2.05) is 61.6 Å². The number of halogens is 1. The van der Waals surface area contributed by atoms with Crippen molar-refractivity contribution in [2.45, 2.75) is 83.3 Å². The van der Waals surface area contributed by atoms with E-state index in [9.17, 15) is 19.8 Å². The molecule has 0 aliphatic carbocycles. The molecule has 0 aromatic heterocycles. The summed E-state index contributed by atoms with van der Waals surface area (Å²) in [5, 5.41) is 26.9. The first kappa shape index (κ1) is 32.8. The standard InChI is InChI=1S/C33H45ClN2O4Si/c1-23(15-25-7-6-8-26(16-25)17-32(39)36-20-24-9-12-30(34)13-10-24)35-21-29(19-33(2,3)41(4,5)40)27-11-14-31(38)28(18-27)22-37/h6-14,16,18,23,29,35,37-38,40H,15,17,19-22H2,1-5H3,(H,36,39)/t23-,29+/m1/s1. The highest BCUT2D eigenvalue weighted by Crippen LogP contribution is 2.44. The number of phenols is 1. The van der Waals surface area contributed by atoms with Crippen molar-refractivity contribution in [2.24, 2.45) is 0 Å². The van der Waals surface area contributed by atoms with Gasteiger partial charge in [0.2, 0.25) is 5.91 Å². The van der Waals surface area contributed by atoms with Gasteiger partial charge in [0, 0.05) is 29.7 Å². The Balaban J connectivity index is 1.62. The number of hydrogen-bond donors (Lipinski definition) is 5. The Bertz CT molecular complexity index is 1290. The van der Waals surface area contributed by atoms with Gasteiger partial charge < -0.3 is 25.6 Å². The van der Waals surface area contributed by atoms with E-state index in [1.54, 1.807) is 6.07 Å². The van der Waals surface area contributed by atoms with Crippen LogP contribution in [0.1, 0.15) is 60.9 Å². The molecule has 3 aromatic carbocycles. The average Bonchev–Trinajstić information content (AvgIpc) is 2.90. The molecule has 222 valence electrons. The van der Waals surface area contributed by atoms with Crippen LogP contribution in [0.15, 0.2) is 66.7 Å². The minimum atomic E-state index is -2.44. The Morgan fingerprint density at radius 2 is 1.68 bits per heavy atom. The van der Waals surface area contributed by atoms with E-state index in [1.165, 1.54) is 0 Å². The van der Waals surface area contributed by atoms with Crippen LogP contribution in [0.3, 0.4) is 0 Å². The topological polar surface area (TPSA) is 102 Å². The van der Waals surface area contributed by atoms with Crippen molar-refractivity contribution in [1.29, 1.82) is 0 Å². The molecule has 0 fully saturated rings. The van der Waals surface area contributed by atoms with Gasteiger partial charge in [0.05, 0.1) is 13.0 Å². The Hall–Kier alpha value is -2.68. The molecule has 0 aliphatic heterocycles. The molecule has 8 heteroatoms. The third-order valence-electron chi connectivity index (χ3n) is 8.17. The van der Waals surface area contributed by atoms with E-state index in [-0.39, 0.29) is 35.3 Å². The monoisotopic (exact) mass is 596 g/mol. The van der Waals surface area contributed by atoms with Gasteiger partial charge in [0.15, 0.2) is 8.32 Å². The van der Waals surface area contributed by atoms with E-state index < -0.39 is 8.32 Å². The minimum absolute atomic E-state index is 0.0276.